The van der Waals surface area contributed by atoms with E-state index in [1.54, 1.807) is 31.4 Å². The number of methoxy groups -OCH3 is 2. The number of furan rings is 1. The summed E-state index contributed by atoms with van der Waals surface area (Å²) in [4.78, 5) is 12.4. The largest absolute Gasteiger partial charge is 0.504 e. The molecule has 0 saturated carbocycles. The third-order valence-corrected chi connectivity index (χ3v) is 4.37. The Morgan fingerprint density at radius 3 is 2.64 bits per heavy atom. The van der Waals surface area contributed by atoms with Crippen LogP contribution in [0.15, 0.2) is 51.4 Å². The van der Waals surface area contributed by atoms with E-state index in [-0.39, 0.29) is 17.3 Å². The Hall–Kier alpha value is -2.73. The van der Waals surface area contributed by atoms with Crippen molar-refractivity contribution < 1.29 is 23.8 Å². The molecule has 0 bridgehead atoms. The number of fused-ring (bicyclic) bond motifs is 1. The molecule has 0 saturated heterocycles. The van der Waals surface area contributed by atoms with Gasteiger partial charge in [-0.15, -0.1) is 0 Å². The van der Waals surface area contributed by atoms with Crippen molar-refractivity contribution in [3.63, 3.8) is 0 Å². The van der Waals surface area contributed by atoms with Gasteiger partial charge in [-0.1, -0.05) is 28.1 Å². The molecular formula is C19H15BrO5. The van der Waals surface area contributed by atoms with Crippen molar-refractivity contribution >= 4 is 38.8 Å². The first-order valence-corrected chi connectivity index (χ1v) is 8.18. The smallest absolute Gasteiger partial charge is 0.221 e. The first-order chi connectivity index (χ1) is 12.0. The molecule has 1 heterocycles. The van der Waals surface area contributed by atoms with Crippen LogP contribution in [0.1, 0.15) is 16.1 Å². The first-order valence-electron chi connectivity index (χ1n) is 7.39. The van der Waals surface area contributed by atoms with E-state index in [0.29, 0.717) is 27.1 Å². The van der Waals surface area contributed by atoms with E-state index in [4.69, 9.17) is 13.9 Å². The molecule has 0 amide bonds. The highest BCUT2D eigenvalue weighted by Gasteiger charge is 2.13. The van der Waals surface area contributed by atoms with Gasteiger partial charge in [0.05, 0.1) is 14.2 Å². The maximum Gasteiger partial charge on any atom is 0.221 e. The number of carbonyl (C=O) groups is 1. The second-order valence-electron chi connectivity index (χ2n) is 5.23. The topological polar surface area (TPSA) is 68.9 Å². The van der Waals surface area contributed by atoms with Crippen LogP contribution in [0.4, 0.5) is 0 Å². The van der Waals surface area contributed by atoms with Gasteiger partial charge >= 0.3 is 0 Å². The average molecular weight is 403 g/mol. The predicted octanol–water partition coefficient (Wildman–Crippen LogP) is 4.81. The molecule has 3 rings (SSSR count). The Labute approximate surface area is 152 Å². The number of rotatable bonds is 5. The van der Waals surface area contributed by atoms with Crippen LogP contribution < -0.4 is 9.47 Å². The van der Waals surface area contributed by atoms with Crippen LogP contribution in [-0.2, 0) is 0 Å². The third-order valence-electron chi connectivity index (χ3n) is 3.68. The Morgan fingerprint density at radius 2 is 1.92 bits per heavy atom. The molecule has 0 aliphatic carbocycles. The Balaban J connectivity index is 1.91. The van der Waals surface area contributed by atoms with E-state index in [1.807, 2.05) is 12.1 Å². The standard InChI is InChI=1S/C19H15BrO5/c1-23-16-5-3-4-12-9-18(25-19(12)16)14(21)7-6-11-8-17(24-2)15(22)10-13(11)20/h3-10,22H,1-2H3/b7-6+. The van der Waals surface area contributed by atoms with E-state index in [9.17, 15) is 9.90 Å². The molecule has 0 radical (unpaired) electrons. The predicted molar refractivity (Wildman–Crippen MR) is 98.5 cm³/mol. The minimum absolute atomic E-state index is 0.0160. The summed E-state index contributed by atoms with van der Waals surface area (Å²) in [5, 5.41) is 10.5. The van der Waals surface area contributed by atoms with E-state index in [2.05, 4.69) is 15.9 Å². The van der Waals surface area contributed by atoms with Gasteiger partial charge in [-0.3, -0.25) is 4.79 Å². The van der Waals surface area contributed by atoms with E-state index < -0.39 is 0 Å². The Kier molecular flexibility index (Phi) is 4.81. The van der Waals surface area contributed by atoms with E-state index in [1.165, 1.54) is 19.3 Å². The second-order valence-corrected chi connectivity index (χ2v) is 6.09. The first kappa shape index (κ1) is 17.1. The van der Waals surface area contributed by atoms with E-state index >= 15 is 0 Å². The number of hydrogen-bond donors (Lipinski definition) is 1. The van der Waals surface area contributed by atoms with Crippen molar-refractivity contribution in [3.05, 3.63) is 58.3 Å². The Bertz CT molecular complexity index is 971. The molecule has 0 fully saturated rings. The quantitative estimate of drug-likeness (QED) is 0.489. The molecule has 25 heavy (non-hydrogen) atoms. The number of ether oxygens (including phenoxy) is 2. The van der Waals surface area contributed by atoms with Crippen LogP contribution in [0.3, 0.4) is 0 Å². The van der Waals surface area contributed by atoms with Gasteiger partial charge in [0, 0.05) is 9.86 Å². The van der Waals surface area contributed by atoms with Gasteiger partial charge in [-0.2, -0.15) is 0 Å². The second kappa shape index (κ2) is 7.03. The highest BCUT2D eigenvalue weighted by molar-refractivity contribution is 9.10. The summed E-state index contributed by atoms with van der Waals surface area (Å²) >= 11 is 3.35. The molecular weight excluding hydrogens is 388 g/mol. The Morgan fingerprint density at radius 1 is 1.16 bits per heavy atom. The molecule has 5 nitrogen and oxygen atoms in total. The molecule has 1 N–H and O–H groups in total. The zero-order valence-corrected chi connectivity index (χ0v) is 15.2. The summed E-state index contributed by atoms with van der Waals surface area (Å²) in [6, 6.07) is 10.3. The van der Waals surface area contributed by atoms with Gasteiger partial charge in [-0.25, -0.2) is 0 Å². The SMILES string of the molecule is COc1cc(/C=C/C(=O)c2cc3cccc(OC)c3o2)c(Br)cc1O. The number of hydrogen-bond acceptors (Lipinski definition) is 5. The normalized spacial score (nSPS) is 11.2. The maximum absolute atomic E-state index is 12.4. The molecule has 3 aromatic rings. The lowest BCUT2D eigenvalue weighted by Gasteiger charge is -2.06. The number of benzene rings is 2. The van der Waals surface area contributed by atoms with Crippen LogP contribution in [0.5, 0.6) is 17.2 Å². The minimum atomic E-state index is -0.280. The van der Waals surface area contributed by atoms with Gasteiger partial charge in [0.2, 0.25) is 5.78 Å². The third kappa shape index (κ3) is 3.39. The minimum Gasteiger partial charge on any atom is -0.504 e. The number of carbonyl (C=O) groups excluding carboxylic acids is 1. The van der Waals surface area contributed by atoms with Crippen molar-refractivity contribution in [1.82, 2.24) is 0 Å². The fourth-order valence-electron chi connectivity index (χ4n) is 2.42. The molecule has 0 aliphatic heterocycles. The maximum atomic E-state index is 12.4. The average Bonchev–Trinajstić information content (AvgIpc) is 3.05. The molecule has 1 aromatic heterocycles. The molecule has 6 heteroatoms. The number of aromatic hydroxyl groups is 1. The van der Waals surface area contributed by atoms with Crippen molar-refractivity contribution in [1.29, 1.82) is 0 Å². The summed E-state index contributed by atoms with van der Waals surface area (Å²) < 4.78 is 16.6. The van der Waals surface area contributed by atoms with Gasteiger partial charge in [0.15, 0.2) is 28.6 Å². The number of ketones is 1. The fourth-order valence-corrected chi connectivity index (χ4v) is 2.88. The number of para-hydroxylation sites is 1. The van der Waals surface area contributed by atoms with Crippen LogP contribution in [0.25, 0.3) is 17.0 Å². The molecule has 2 aromatic carbocycles. The van der Waals surface area contributed by atoms with Crippen LogP contribution >= 0.6 is 15.9 Å². The van der Waals surface area contributed by atoms with Gasteiger partial charge < -0.3 is 19.0 Å². The zero-order valence-electron chi connectivity index (χ0n) is 13.6. The summed E-state index contributed by atoms with van der Waals surface area (Å²) in [5.74, 6) is 0.854. The van der Waals surface area contributed by atoms with Crippen LogP contribution in [-0.4, -0.2) is 25.1 Å². The number of allylic oxidation sites excluding steroid dienone is 1. The highest BCUT2D eigenvalue weighted by Crippen LogP contribution is 2.33. The number of halogens is 1. The van der Waals surface area contributed by atoms with Crippen molar-refractivity contribution in [2.24, 2.45) is 0 Å². The highest BCUT2D eigenvalue weighted by atomic mass is 79.9. The van der Waals surface area contributed by atoms with E-state index in [0.717, 1.165) is 5.39 Å². The van der Waals surface area contributed by atoms with Crippen molar-refractivity contribution in [3.8, 4) is 17.2 Å². The fraction of sp³-hybridized carbons (Fsp3) is 0.105. The summed E-state index contributed by atoms with van der Waals surface area (Å²) in [6.07, 6.45) is 3.03. The molecule has 0 unspecified atom stereocenters. The molecule has 0 aliphatic rings. The van der Waals surface area contributed by atoms with Crippen molar-refractivity contribution in [2.45, 2.75) is 0 Å². The van der Waals surface area contributed by atoms with Crippen molar-refractivity contribution in [2.75, 3.05) is 14.2 Å². The number of phenolic OH excluding ortho intramolecular Hbond substituents is 1. The summed E-state index contributed by atoms with van der Waals surface area (Å²) in [5.41, 5.74) is 1.23. The number of phenols is 1. The zero-order chi connectivity index (χ0) is 18.0. The monoisotopic (exact) mass is 402 g/mol. The lowest BCUT2D eigenvalue weighted by atomic mass is 10.1. The molecule has 0 atom stereocenters. The summed E-state index contributed by atoms with van der Waals surface area (Å²) in [7, 11) is 3.01. The van der Waals surface area contributed by atoms with Gasteiger partial charge in [0.1, 0.15) is 0 Å². The molecule has 128 valence electrons. The van der Waals surface area contributed by atoms with Crippen LogP contribution in [0.2, 0.25) is 0 Å². The lowest BCUT2D eigenvalue weighted by molar-refractivity contribution is 0.102. The summed E-state index contributed by atoms with van der Waals surface area (Å²) in [6.45, 7) is 0. The van der Waals surface area contributed by atoms with Gasteiger partial charge in [0.25, 0.3) is 0 Å². The van der Waals surface area contributed by atoms with Gasteiger partial charge in [-0.05, 0) is 42.0 Å². The van der Waals surface area contributed by atoms with Crippen LogP contribution in [0, 0.1) is 0 Å². The molecule has 0 spiro atoms. The lowest BCUT2D eigenvalue weighted by Crippen LogP contribution is -1.91.